The summed E-state index contributed by atoms with van der Waals surface area (Å²) in [7, 11) is 0. The molecule has 0 bridgehead atoms. The van der Waals surface area contributed by atoms with Crippen LogP contribution in [0, 0.1) is 0 Å². The summed E-state index contributed by atoms with van der Waals surface area (Å²) < 4.78 is 22.2. The van der Waals surface area contributed by atoms with Crippen LogP contribution in [-0.4, -0.2) is 13.7 Å². The van der Waals surface area contributed by atoms with E-state index >= 15 is 0 Å². The van der Waals surface area contributed by atoms with Gasteiger partial charge in [-0.3, -0.25) is 4.21 Å². The number of nitrogens with zero attached hydrogens (tertiary/aromatic N) is 1. The van der Waals surface area contributed by atoms with Gasteiger partial charge in [0.15, 0.2) is 5.13 Å². The molecule has 7 heteroatoms. The highest BCUT2D eigenvalue weighted by molar-refractivity contribution is 9.11. The first-order valence-electron chi connectivity index (χ1n) is 4.19. The van der Waals surface area contributed by atoms with Crippen molar-refractivity contribution in [3.05, 3.63) is 28.1 Å². The maximum absolute atomic E-state index is 10.7. The molecule has 2 aromatic rings. The third kappa shape index (κ3) is 2.32. The van der Waals surface area contributed by atoms with Gasteiger partial charge in [0.05, 0.1) is 9.48 Å². The Kier molecular flexibility index (Phi) is 3.38. The van der Waals surface area contributed by atoms with Crippen LogP contribution in [0.5, 0.6) is 0 Å². The smallest absolute Gasteiger partial charge is 0.181 e. The van der Waals surface area contributed by atoms with Crippen molar-refractivity contribution in [3.63, 3.8) is 0 Å². The first kappa shape index (κ1) is 11.7. The van der Waals surface area contributed by atoms with Crippen molar-refractivity contribution in [2.45, 2.75) is 4.90 Å². The highest BCUT2D eigenvalue weighted by atomic mass is 79.9. The van der Waals surface area contributed by atoms with Gasteiger partial charge in [-0.15, -0.1) is 0 Å². The second-order valence-electron chi connectivity index (χ2n) is 2.93. The summed E-state index contributed by atoms with van der Waals surface area (Å²) in [6.45, 7) is 0. The minimum absolute atomic E-state index is 0.253. The van der Waals surface area contributed by atoms with Gasteiger partial charge < -0.3 is 10.3 Å². The zero-order valence-corrected chi connectivity index (χ0v) is 11.1. The number of thiazole rings is 1. The van der Waals surface area contributed by atoms with Gasteiger partial charge in [0, 0.05) is 10.5 Å². The standard InChI is InChI=1S/C9H7BrN2O2S2/c10-8-7(12-9(11)15-8)5-1-3-6(4-2-5)16(13)14/h1-4H,(H2,11,12)(H,13,14)/p-1. The van der Waals surface area contributed by atoms with E-state index in [-0.39, 0.29) is 4.90 Å². The first-order chi connectivity index (χ1) is 7.58. The number of anilines is 1. The predicted octanol–water partition coefficient (Wildman–Crippen LogP) is 2.39. The lowest BCUT2D eigenvalue weighted by Crippen LogP contribution is -1.88. The minimum atomic E-state index is -2.20. The molecule has 0 fully saturated rings. The summed E-state index contributed by atoms with van der Waals surface area (Å²) in [6, 6.07) is 6.45. The number of halogens is 1. The van der Waals surface area contributed by atoms with Crippen LogP contribution < -0.4 is 5.73 Å². The van der Waals surface area contributed by atoms with E-state index in [1.807, 2.05) is 0 Å². The molecule has 0 spiro atoms. The molecular weight excluding hydrogens is 312 g/mol. The van der Waals surface area contributed by atoms with E-state index in [1.54, 1.807) is 12.1 Å². The topological polar surface area (TPSA) is 79.0 Å². The van der Waals surface area contributed by atoms with Crippen molar-refractivity contribution in [1.82, 2.24) is 4.98 Å². The third-order valence-corrected chi connectivity index (χ3v) is 4.11. The number of hydrogen-bond donors (Lipinski definition) is 1. The molecular formula is C9H6BrN2O2S2-. The number of aromatic nitrogens is 1. The number of rotatable bonds is 2. The van der Waals surface area contributed by atoms with Crippen LogP contribution in [0.4, 0.5) is 5.13 Å². The van der Waals surface area contributed by atoms with Gasteiger partial charge in [0.1, 0.15) is 0 Å². The van der Waals surface area contributed by atoms with E-state index in [0.29, 0.717) is 5.13 Å². The van der Waals surface area contributed by atoms with Crippen molar-refractivity contribution < 1.29 is 8.76 Å². The molecule has 1 aromatic carbocycles. The number of hydrogen-bond acceptors (Lipinski definition) is 5. The molecule has 1 aromatic heterocycles. The number of nitrogen functional groups attached to an aromatic ring is 1. The van der Waals surface area contributed by atoms with Gasteiger partial charge in [0.25, 0.3) is 0 Å². The van der Waals surface area contributed by atoms with Crippen LogP contribution in [0.3, 0.4) is 0 Å². The van der Waals surface area contributed by atoms with Crippen LogP contribution in [0.1, 0.15) is 0 Å². The molecule has 1 heterocycles. The van der Waals surface area contributed by atoms with Crippen molar-refractivity contribution >= 4 is 43.5 Å². The monoisotopic (exact) mass is 317 g/mol. The second-order valence-corrected chi connectivity index (χ2v) is 6.22. The van der Waals surface area contributed by atoms with Crippen molar-refractivity contribution in [3.8, 4) is 11.3 Å². The zero-order valence-electron chi connectivity index (χ0n) is 7.84. The fourth-order valence-electron chi connectivity index (χ4n) is 1.22. The average Bonchev–Trinajstić information content (AvgIpc) is 2.58. The Hall–Kier alpha value is -0.760. The van der Waals surface area contributed by atoms with Gasteiger partial charge in [-0.2, -0.15) is 0 Å². The molecule has 0 saturated heterocycles. The Bertz CT molecular complexity index is 539. The first-order valence-corrected chi connectivity index (χ1v) is 6.88. The second kappa shape index (κ2) is 4.62. The summed E-state index contributed by atoms with van der Waals surface area (Å²) in [5.74, 6) is 0. The third-order valence-electron chi connectivity index (χ3n) is 1.92. The number of benzene rings is 1. The maximum Gasteiger partial charge on any atom is 0.181 e. The lowest BCUT2D eigenvalue weighted by Gasteiger charge is -2.05. The zero-order chi connectivity index (χ0) is 11.7. The molecule has 1 atom stereocenters. The Morgan fingerprint density at radius 1 is 1.38 bits per heavy atom. The molecule has 2 rings (SSSR count). The summed E-state index contributed by atoms with van der Waals surface area (Å²) in [4.78, 5) is 4.40. The Balaban J connectivity index is 2.42. The fraction of sp³-hybridized carbons (Fsp3) is 0. The Morgan fingerprint density at radius 2 is 2.00 bits per heavy atom. The normalized spacial score (nSPS) is 12.6. The van der Waals surface area contributed by atoms with E-state index < -0.39 is 11.1 Å². The molecule has 0 radical (unpaired) electrons. The van der Waals surface area contributed by atoms with Gasteiger partial charge in [-0.1, -0.05) is 23.5 Å². The van der Waals surface area contributed by atoms with Gasteiger partial charge >= 0.3 is 0 Å². The largest absolute Gasteiger partial charge is 0.768 e. The van der Waals surface area contributed by atoms with Crippen molar-refractivity contribution in [1.29, 1.82) is 0 Å². The summed E-state index contributed by atoms with van der Waals surface area (Å²) in [5, 5.41) is 0.471. The molecule has 2 N–H and O–H groups in total. The van der Waals surface area contributed by atoms with Crippen LogP contribution in [-0.2, 0) is 11.1 Å². The predicted molar refractivity (Wildman–Crippen MR) is 66.8 cm³/mol. The van der Waals surface area contributed by atoms with E-state index in [0.717, 1.165) is 15.0 Å². The molecule has 1 unspecified atom stereocenters. The van der Waals surface area contributed by atoms with Gasteiger partial charge in [-0.25, -0.2) is 4.98 Å². The molecule has 0 aliphatic heterocycles. The van der Waals surface area contributed by atoms with E-state index in [1.165, 1.54) is 23.5 Å². The van der Waals surface area contributed by atoms with Crippen LogP contribution >= 0.6 is 27.3 Å². The molecule has 84 valence electrons. The molecule has 16 heavy (non-hydrogen) atoms. The van der Waals surface area contributed by atoms with Crippen LogP contribution in [0.25, 0.3) is 11.3 Å². The summed E-state index contributed by atoms with van der Waals surface area (Å²) in [5.41, 5.74) is 7.13. The average molecular weight is 318 g/mol. The quantitative estimate of drug-likeness (QED) is 0.862. The lowest BCUT2D eigenvalue weighted by atomic mass is 10.2. The SMILES string of the molecule is Nc1nc(-c2ccc(S(=O)[O-])cc2)c(Br)s1. The summed E-state index contributed by atoms with van der Waals surface area (Å²) in [6.07, 6.45) is 0. The highest BCUT2D eigenvalue weighted by Crippen LogP contribution is 2.34. The number of nitrogens with two attached hydrogens (primary N) is 1. The van der Waals surface area contributed by atoms with Crippen molar-refractivity contribution in [2.24, 2.45) is 0 Å². The molecule has 0 amide bonds. The molecule has 0 aliphatic rings. The van der Waals surface area contributed by atoms with Gasteiger partial charge in [-0.05, 0) is 39.1 Å². The van der Waals surface area contributed by atoms with Crippen LogP contribution in [0.2, 0.25) is 0 Å². The molecule has 0 aliphatic carbocycles. The van der Waals surface area contributed by atoms with E-state index in [2.05, 4.69) is 20.9 Å². The van der Waals surface area contributed by atoms with E-state index in [9.17, 15) is 8.76 Å². The molecule has 4 nitrogen and oxygen atoms in total. The minimum Gasteiger partial charge on any atom is -0.768 e. The summed E-state index contributed by atoms with van der Waals surface area (Å²) >= 11 is 2.49. The van der Waals surface area contributed by atoms with Crippen molar-refractivity contribution in [2.75, 3.05) is 5.73 Å². The molecule has 0 saturated carbocycles. The highest BCUT2D eigenvalue weighted by Gasteiger charge is 2.09. The maximum atomic E-state index is 10.7. The fourth-order valence-corrected chi connectivity index (χ4v) is 2.97. The lowest BCUT2D eigenvalue weighted by molar-refractivity contribution is 0.537. The van der Waals surface area contributed by atoms with E-state index in [4.69, 9.17) is 5.73 Å². The van der Waals surface area contributed by atoms with Crippen LogP contribution in [0.15, 0.2) is 32.9 Å². The Labute approximate surface area is 107 Å². The Morgan fingerprint density at radius 3 is 2.44 bits per heavy atom. The van der Waals surface area contributed by atoms with Gasteiger partial charge in [0.2, 0.25) is 0 Å².